The lowest BCUT2D eigenvalue weighted by Crippen LogP contribution is -2.53. The van der Waals surface area contributed by atoms with E-state index in [1.807, 2.05) is 17.9 Å². The van der Waals surface area contributed by atoms with Crippen LogP contribution in [0, 0.1) is 0 Å². The van der Waals surface area contributed by atoms with E-state index >= 15 is 0 Å². The Labute approximate surface area is 181 Å². The number of hydrogen-bond donors (Lipinski definition) is 2. The number of anilines is 3. The third-order valence-corrected chi connectivity index (χ3v) is 5.72. The van der Waals surface area contributed by atoms with Gasteiger partial charge in [-0.15, -0.1) is 0 Å². The average Bonchev–Trinajstić information content (AvgIpc) is 3.52. The molecule has 4 rings (SSSR count). The molecule has 31 heavy (non-hydrogen) atoms. The van der Waals surface area contributed by atoms with Gasteiger partial charge in [0, 0.05) is 31.9 Å². The first kappa shape index (κ1) is 21.4. The molecule has 2 fully saturated rings. The molecule has 2 aliphatic rings. The first-order chi connectivity index (χ1) is 14.6. The minimum atomic E-state index is -4.63. The van der Waals surface area contributed by atoms with Crippen molar-refractivity contribution in [3.63, 3.8) is 0 Å². The molecule has 1 aliphatic heterocycles. The maximum atomic E-state index is 12.9. The highest BCUT2D eigenvalue weighted by atomic mass is 35.5. The average molecular weight is 457 g/mol. The van der Waals surface area contributed by atoms with Crippen LogP contribution in [0.4, 0.5) is 35.4 Å². The summed E-state index contributed by atoms with van der Waals surface area (Å²) in [6, 6.07) is 1.77. The van der Waals surface area contributed by atoms with Gasteiger partial charge in [0.05, 0.1) is 11.9 Å². The van der Waals surface area contributed by atoms with E-state index in [9.17, 15) is 23.1 Å². The van der Waals surface area contributed by atoms with E-state index in [-0.39, 0.29) is 12.0 Å². The highest BCUT2D eigenvalue weighted by molar-refractivity contribution is 6.30. The zero-order valence-electron chi connectivity index (χ0n) is 16.5. The quantitative estimate of drug-likeness (QED) is 0.660. The van der Waals surface area contributed by atoms with Gasteiger partial charge in [-0.3, -0.25) is 0 Å². The van der Waals surface area contributed by atoms with Crippen molar-refractivity contribution in [2.45, 2.75) is 37.9 Å². The first-order valence-corrected chi connectivity index (χ1v) is 10.1. The van der Waals surface area contributed by atoms with Gasteiger partial charge < -0.3 is 20.2 Å². The monoisotopic (exact) mass is 456 g/mol. The molecule has 1 aliphatic carbocycles. The second kappa shape index (κ2) is 8.03. The Balaban J connectivity index is 1.55. The molecule has 1 atom stereocenters. The van der Waals surface area contributed by atoms with E-state index in [2.05, 4.69) is 20.3 Å². The second-order valence-corrected chi connectivity index (χ2v) is 8.05. The summed E-state index contributed by atoms with van der Waals surface area (Å²) in [7, 11) is 0. The van der Waals surface area contributed by atoms with Gasteiger partial charge in [-0.1, -0.05) is 11.6 Å². The number of nitrogens with zero attached hydrogens (tertiary/aromatic N) is 5. The lowest BCUT2D eigenvalue weighted by atomic mass is 10.1. The molecule has 2 aromatic heterocycles. The summed E-state index contributed by atoms with van der Waals surface area (Å²) in [6.07, 6.45) is -1.31. The van der Waals surface area contributed by atoms with Crippen LogP contribution in [0.15, 0.2) is 18.5 Å². The normalized spacial score (nSPS) is 19.5. The Morgan fingerprint density at radius 2 is 2.00 bits per heavy atom. The van der Waals surface area contributed by atoms with Gasteiger partial charge in [-0.25, -0.2) is 19.7 Å². The van der Waals surface area contributed by atoms with Crippen molar-refractivity contribution in [3.05, 3.63) is 34.7 Å². The van der Waals surface area contributed by atoms with Crippen molar-refractivity contribution in [2.24, 2.45) is 0 Å². The summed E-state index contributed by atoms with van der Waals surface area (Å²) in [4.78, 5) is 26.7. The third-order valence-electron chi connectivity index (χ3n) is 5.43. The van der Waals surface area contributed by atoms with Crippen LogP contribution in [-0.2, 0) is 6.18 Å². The Morgan fingerprint density at radius 3 is 2.58 bits per heavy atom. The van der Waals surface area contributed by atoms with E-state index < -0.39 is 23.0 Å². The predicted molar refractivity (Wildman–Crippen MR) is 108 cm³/mol. The Bertz CT molecular complexity index is 1000. The molecule has 166 valence electrons. The van der Waals surface area contributed by atoms with Crippen LogP contribution in [0.1, 0.15) is 36.8 Å². The van der Waals surface area contributed by atoms with Crippen LogP contribution in [0.25, 0.3) is 0 Å². The molecule has 1 unspecified atom stereocenters. The van der Waals surface area contributed by atoms with E-state index in [1.165, 1.54) is 4.90 Å². The minimum absolute atomic E-state index is 0.0434. The van der Waals surface area contributed by atoms with Crippen LogP contribution in [0.3, 0.4) is 0 Å². The summed E-state index contributed by atoms with van der Waals surface area (Å²) in [5.41, 5.74) is 0.488. The van der Waals surface area contributed by atoms with Crippen LogP contribution < -0.4 is 10.2 Å². The van der Waals surface area contributed by atoms with Crippen LogP contribution in [0.5, 0.6) is 0 Å². The van der Waals surface area contributed by atoms with Crippen LogP contribution >= 0.6 is 11.6 Å². The Kier molecular flexibility index (Phi) is 5.54. The van der Waals surface area contributed by atoms with Gasteiger partial charge >= 0.3 is 12.3 Å². The SMILES string of the molecule is CC1CN(c2cc(C3CC3)c(Nc3ncc(C(F)(F)F)c(Cl)n3)cn2)CCN1C(=O)O. The molecule has 1 saturated carbocycles. The van der Waals surface area contributed by atoms with Crippen molar-refractivity contribution in [1.29, 1.82) is 0 Å². The zero-order chi connectivity index (χ0) is 22.3. The lowest BCUT2D eigenvalue weighted by Gasteiger charge is -2.39. The van der Waals surface area contributed by atoms with Crippen molar-refractivity contribution in [3.8, 4) is 0 Å². The third kappa shape index (κ3) is 4.60. The summed E-state index contributed by atoms with van der Waals surface area (Å²) in [5.74, 6) is 1.00. The summed E-state index contributed by atoms with van der Waals surface area (Å²) >= 11 is 5.69. The molecule has 2 aromatic rings. The number of halogens is 4. The van der Waals surface area contributed by atoms with Crippen LogP contribution in [-0.4, -0.2) is 56.7 Å². The van der Waals surface area contributed by atoms with Gasteiger partial charge in [0.25, 0.3) is 0 Å². The van der Waals surface area contributed by atoms with E-state index in [1.54, 1.807) is 6.20 Å². The maximum Gasteiger partial charge on any atom is 0.420 e. The van der Waals surface area contributed by atoms with E-state index in [0.717, 1.165) is 24.2 Å². The Morgan fingerprint density at radius 1 is 1.26 bits per heavy atom. The lowest BCUT2D eigenvalue weighted by molar-refractivity contribution is -0.137. The zero-order valence-corrected chi connectivity index (χ0v) is 17.3. The number of carbonyl (C=O) groups is 1. The van der Waals surface area contributed by atoms with Gasteiger partial charge in [-0.05, 0) is 37.3 Å². The van der Waals surface area contributed by atoms with Crippen molar-refractivity contribution >= 4 is 35.1 Å². The molecule has 0 spiro atoms. The molecule has 0 aromatic carbocycles. The highest BCUT2D eigenvalue weighted by Gasteiger charge is 2.35. The van der Waals surface area contributed by atoms with E-state index in [4.69, 9.17) is 11.6 Å². The number of rotatable bonds is 4. The maximum absolute atomic E-state index is 12.9. The standard InChI is InChI=1S/C19H20ClF3N6O2/c1-10-9-28(4-5-29(10)18(30)31)15-6-12(11-2-3-11)14(8-24-15)26-17-25-7-13(16(20)27-17)19(21,22)23/h6-8,10-11H,2-5,9H2,1H3,(H,30,31)(H,25,26,27). The number of carboxylic acid groups (broad SMARTS) is 1. The number of alkyl halides is 3. The number of hydrogen-bond acceptors (Lipinski definition) is 6. The predicted octanol–water partition coefficient (Wildman–Crippen LogP) is 4.35. The molecule has 1 amide bonds. The topological polar surface area (TPSA) is 94.5 Å². The first-order valence-electron chi connectivity index (χ1n) is 9.74. The molecule has 1 saturated heterocycles. The number of aromatic nitrogens is 3. The molecule has 0 radical (unpaired) electrons. The van der Waals surface area contributed by atoms with Gasteiger partial charge in [0.15, 0.2) is 0 Å². The molecular weight excluding hydrogens is 437 g/mol. The fourth-order valence-corrected chi connectivity index (χ4v) is 3.89. The van der Waals surface area contributed by atoms with Crippen molar-refractivity contribution in [2.75, 3.05) is 29.9 Å². The molecule has 12 heteroatoms. The number of piperazine rings is 1. The van der Waals surface area contributed by atoms with Crippen LogP contribution in [0.2, 0.25) is 5.15 Å². The second-order valence-electron chi connectivity index (χ2n) is 7.70. The number of amides is 1. The summed E-state index contributed by atoms with van der Waals surface area (Å²) < 4.78 is 38.6. The van der Waals surface area contributed by atoms with Gasteiger partial charge in [0.2, 0.25) is 5.95 Å². The fraction of sp³-hybridized carbons (Fsp3) is 0.474. The van der Waals surface area contributed by atoms with Crippen molar-refractivity contribution in [1.82, 2.24) is 19.9 Å². The van der Waals surface area contributed by atoms with Gasteiger partial charge in [-0.2, -0.15) is 13.2 Å². The van der Waals surface area contributed by atoms with Gasteiger partial charge in [0.1, 0.15) is 16.5 Å². The smallest absolute Gasteiger partial charge is 0.420 e. The fourth-order valence-electron chi connectivity index (χ4n) is 3.65. The Hall–Kier alpha value is -2.82. The molecule has 8 nitrogen and oxygen atoms in total. The summed E-state index contributed by atoms with van der Waals surface area (Å²) in [6.45, 7) is 3.28. The summed E-state index contributed by atoms with van der Waals surface area (Å²) in [5, 5.41) is 11.5. The molecule has 2 N–H and O–H groups in total. The number of nitrogens with one attached hydrogen (secondary N) is 1. The largest absolute Gasteiger partial charge is 0.465 e. The highest BCUT2D eigenvalue weighted by Crippen LogP contribution is 2.45. The molecule has 3 heterocycles. The number of pyridine rings is 1. The molecular formula is C19H20ClF3N6O2. The minimum Gasteiger partial charge on any atom is -0.465 e. The molecule has 0 bridgehead atoms. The van der Waals surface area contributed by atoms with E-state index in [0.29, 0.717) is 37.4 Å². The van der Waals surface area contributed by atoms with Crippen molar-refractivity contribution < 1.29 is 23.1 Å².